The minimum Gasteiger partial charge on any atom is -0.362 e. The molecule has 4 nitrogen and oxygen atoms in total. The Bertz CT molecular complexity index is 464. The summed E-state index contributed by atoms with van der Waals surface area (Å²) in [4.78, 5) is 2.22. The summed E-state index contributed by atoms with van der Waals surface area (Å²) < 4.78 is 11.5. The molecule has 1 spiro atoms. The number of thiocarbonyl (C=S) groups is 1. The number of ether oxygens (including phenoxy) is 2. The highest BCUT2D eigenvalue weighted by molar-refractivity contribution is 7.80. The maximum atomic E-state index is 5.74. The van der Waals surface area contributed by atoms with Gasteiger partial charge in [0.05, 0.1) is 13.2 Å². The van der Waals surface area contributed by atoms with Gasteiger partial charge in [0.2, 0.25) is 0 Å². The van der Waals surface area contributed by atoms with Crippen LogP contribution < -0.4 is 5.32 Å². The molecule has 0 atom stereocenters. The molecule has 1 aromatic carbocycles. The Morgan fingerprint density at radius 3 is 2.48 bits per heavy atom. The van der Waals surface area contributed by atoms with E-state index in [4.69, 9.17) is 21.7 Å². The molecule has 5 heteroatoms. The lowest BCUT2D eigenvalue weighted by Crippen LogP contribution is -2.50. The standard InChI is InChI=1S/C16H22N2O2S/c21-15(17-9-6-14-4-2-1-3-5-14)18-10-7-16(8-11-18)19-12-13-20-16/h1-5H,6-13H2,(H,17,21). The highest BCUT2D eigenvalue weighted by Crippen LogP contribution is 2.31. The van der Waals surface area contributed by atoms with E-state index >= 15 is 0 Å². The fourth-order valence-electron chi connectivity index (χ4n) is 2.91. The zero-order chi connectivity index (χ0) is 14.5. The van der Waals surface area contributed by atoms with E-state index in [0.29, 0.717) is 0 Å². The van der Waals surface area contributed by atoms with Crippen molar-refractivity contribution in [3.05, 3.63) is 35.9 Å². The van der Waals surface area contributed by atoms with Gasteiger partial charge < -0.3 is 19.7 Å². The second-order valence-corrected chi connectivity index (χ2v) is 5.95. The van der Waals surface area contributed by atoms with Gasteiger partial charge in [-0.3, -0.25) is 0 Å². The van der Waals surface area contributed by atoms with E-state index in [2.05, 4.69) is 34.5 Å². The second-order valence-electron chi connectivity index (χ2n) is 5.56. The van der Waals surface area contributed by atoms with E-state index in [1.54, 1.807) is 0 Å². The van der Waals surface area contributed by atoms with Gasteiger partial charge in [-0.05, 0) is 24.2 Å². The summed E-state index contributed by atoms with van der Waals surface area (Å²) in [6.07, 6.45) is 2.78. The predicted octanol–water partition coefficient (Wildman–Crippen LogP) is 1.94. The Morgan fingerprint density at radius 1 is 1.14 bits per heavy atom. The summed E-state index contributed by atoms with van der Waals surface area (Å²) in [6, 6.07) is 10.5. The lowest BCUT2D eigenvalue weighted by atomic mass is 10.0. The fourth-order valence-corrected chi connectivity index (χ4v) is 3.19. The lowest BCUT2D eigenvalue weighted by Gasteiger charge is -2.38. The summed E-state index contributed by atoms with van der Waals surface area (Å²) in [5.74, 6) is -0.323. The van der Waals surface area contributed by atoms with E-state index in [0.717, 1.165) is 57.2 Å². The Morgan fingerprint density at radius 2 is 1.81 bits per heavy atom. The molecule has 1 aromatic rings. The third-order valence-electron chi connectivity index (χ3n) is 4.16. The summed E-state index contributed by atoms with van der Waals surface area (Å²) in [5, 5.41) is 4.20. The zero-order valence-electron chi connectivity index (χ0n) is 12.2. The summed E-state index contributed by atoms with van der Waals surface area (Å²) in [5.41, 5.74) is 1.33. The fraction of sp³-hybridized carbons (Fsp3) is 0.562. The number of piperidine rings is 1. The molecule has 21 heavy (non-hydrogen) atoms. The monoisotopic (exact) mass is 306 g/mol. The minimum absolute atomic E-state index is 0.323. The van der Waals surface area contributed by atoms with Crippen molar-refractivity contribution in [2.45, 2.75) is 25.0 Å². The maximum absolute atomic E-state index is 5.74. The van der Waals surface area contributed by atoms with Crippen LogP contribution in [0.3, 0.4) is 0 Å². The van der Waals surface area contributed by atoms with Gasteiger partial charge in [0, 0.05) is 32.5 Å². The Kier molecular flexibility index (Phi) is 4.73. The van der Waals surface area contributed by atoms with Gasteiger partial charge in [0.15, 0.2) is 10.9 Å². The molecule has 0 saturated carbocycles. The van der Waals surface area contributed by atoms with Crippen LogP contribution in [-0.4, -0.2) is 48.6 Å². The van der Waals surface area contributed by atoms with Crippen LogP contribution in [0.25, 0.3) is 0 Å². The van der Waals surface area contributed by atoms with Crippen LogP contribution in [0.2, 0.25) is 0 Å². The molecule has 0 aromatic heterocycles. The number of nitrogens with one attached hydrogen (secondary N) is 1. The molecule has 2 saturated heterocycles. The van der Waals surface area contributed by atoms with Gasteiger partial charge in [-0.1, -0.05) is 30.3 Å². The van der Waals surface area contributed by atoms with Gasteiger partial charge in [-0.2, -0.15) is 0 Å². The predicted molar refractivity (Wildman–Crippen MR) is 86.2 cm³/mol. The van der Waals surface area contributed by atoms with Gasteiger partial charge >= 0.3 is 0 Å². The van der Waals surface area contributed by atoms with E-state index in [1.165, 1.54) is 5.56 Å². The first kappa shape index (κ1) is 14.8. The molecule has 1 N–H and O–H groups in total. The molecule has 0 amide bonds. The van der Waals surface area contributed by atoms with Gasteiger partial charge in [0.25, 0.3) is 0 Å². The van der Waals surface area contributed by atoms with Crippen molar-refractivity contribution in [2.24, 2.45) is 0 Å². The van der Waals surface area contributed by atoms with Crippen LogP contribution in [0.4, 0.5) is 0 Å². The summed E-state index contributed by atoms with van der Waals surface area (Å²) in [7, 11) is 0. The number of rotatable bonds is 3. The normalized spacial score (nSPS) is 20.7. The van der Waals surface area contributed by atoms with Gasteiger partial charge in [0.1, 0.15) is 0 Å². The second kappa shape index (κ2) is 6.73. The van der Waals surface area contributed by atoms with Crippen molar-refractivity contribution in [1.82, 2.24) is 10.2 Å². The van der Waals surface area contributed by atoms with Crippen LogP contribution >= 0.6 is 12.2 Å². The molecule has 0 unspecified atom stereocenters. The van der Waals surface area contributed by atoms with Gasteiger partial charge in [-0.25, -0.2) is 0 Å². The average molecular weight is 306 g/mol. The number of likely N-dealkylation sites (tertiary alicyclic amines) is 1. The SMILES string of the molecule is S=C(NCCc1ccccc1)N1CCC2(CC1)OCCO2. The number of benzene rings is 1. The van der Waals surface area contributed by atoms with Crippen molar-refractivity contribution in [3.8, 4) is 0 Å². The zero-order valence-corrected chi connectivity index (χ0v) is 13.0. The van der Waals surface area contributed by atoms with Crippen molar-refractivity contribution in [1.29, 1.82) is 0 Å². The van der Waals surface area contributed by atoms with Crippen LogP contribution in [0.5, 0.6) is 0 Å². The lowest BCUT2D eigenvalue weighted by molar-refractivity contribution is -0.180. The molecule has 2 aliphatic rings. The van der Waals surface area contributed by atoms with Crippen LogP contribution in [0.1, 0.15) is 18.4 Å². The molecule has 0 radical (unpaired) electrons. The van der Waals surface area contributed by atoms with E-state index in [-0.39, 0.29) is 5.79 Å². The molecular weight excluding hydrogens is 284 g/mol. The highest BCUT2D eigenvalue weighted by atomic mass is 32.1. The van der Waals surface area contributed by atoms with E-state index in [1.807, 2.05) is 6.07 Å². The maximum Gasteiger partial charge on any atom is 0.171 e. The number of nitrogens with zero attached hydrogens (tertiary/aromatic N) is 1. The van der Waals surface area contributed by atoms with Crippen LogP contribution in [-0.2, 0) is 15.9 Å². The van der Waals surface area contributed by atoms with E-state index < -0.39 is 0 Å². The third-order valence-corrected chi connectivity index (χ3v) is 4.56. The van der Waals surface area contributed by atoms with Crippen molar-refractivity contribution in [2.75, 3.05) is 32.8 Å². The van der Waals surface area contributed by atoms with Crippen molar-refractivity contribution < 1.29 is 9.47 Å². The molecule has 2 fully saturated rings. The van der Waals surface area contributed by atoms with Crippen molar-refractivity contribution in [3.63, 3.8) is 0 Å². The highest BCUT2D eigenvalue weighted by Gasteiger charge is 2.40. The van der Waals surface area contributed by atoms with Gasteiger partial charge in [-0.15, -0.1) is 0 Å². The van der Waals surface area contributed by atoms with Crippen LogP contribution in [0, 0.1) is 0 Å². The molecule has 0 bridgehead atoms. The Labute approximate surface area is 131 Å². The quantitative estimate of drug-likeness (QED) is 0.863. The molecule has 2 aliphatic heterocycles. The third kappa shape index (κ3) is 3.73. The topological polar surface area (TPSA) is 33.7 Å². The smallest absolute Gasteiger partial charge is 0.171 e. The largest absolute Gasteiger partial charge is 0.362 e. The first-order chi connectivity index (χ1) is 10.3. The number of hydrogen-bond donors (Lipinski definition) is 1. The Balaban J connectivity index is 1.40. The summed E-state index contributed by atoms with van der Waals surface area (Å²) in [6.45, 7) is 4.12. The molecule has 0 aliphatic carbocycles. The van der Waals surface area contributed by atoms with Crippen LogP contribution in [0.15, 0.2) is 30.3 Å². The summed E-state index contributed by atoms with van der Waals surface area (Å²) >= 11 is 5.49. The number of hydrogen-bond acceptors (Lipinski definition) is 3. The molecular formula is C16H22N2O2S. The molecule has 2 heterocycles. The first-order valence-electron chi connectivity index (χ1n) is 7.62. The first-order valence-corrected chi connectivity index (χ1v) is 8.03. The van der Waals surface area contributed by atoms with Crippen molar-refractivity contribution >= 4 is 17.3 Å². The van der Waals surface area contributed by atoms with E-state index in [9.17, 15) is 0 Å². The average Bonchev–Trinajstić information content (AvgIpc) is 2.97. The molecule has 114 valence electrons. The Hall–Kier alpha value is -1.17. The minimum atomic E-state index is -0.323. The molecule has 3 rings (SSSR count).